The van der Waals surface area contributed by atoms with Gasteiger partial charge >= 0.3 is 6.09 Å². The van der Waals surface area contributed by atoms with E-state index in [1.807, 2.05) is 12.1 Å². The molecule has 1 unspecified atom stereocenters. The molecule has 1 amide bonds. The van der Waals surface area contributed by atoms with Crippen LogP contribution in [0.2, 0.25) is 0 Å². The fourth-order valence-corrected chi connectivity index (χ4v) is 1.77. The second kappa shape index (κ2) is 6.19. The molecule has 0 aliphatic carbocycles. The average Bonchev–Trinajstić information content (AvgIpc) is 2.30. The molecule has 0 aliphatic heterocycles. The summed E-state index contributed by atoms with van der Waals surface area (Å²) < 4.78 is 6.16. The van der Waals surface area contributed by atoms with Crippen LogP contribution in [0.4, 0.5) is 4.79 Å². The second-order valence-corrected chi connectivity index (χ2v) is 6.14. The Labute approximate surface area is 121 Å². The fourth-order valence-electron chi connectivity index (χ4n) is 1.50. The van der Waals surface area contributed by atoms with Crippen molar-refractivity contribution >= 4 is 28.3 Å². The van der Waals surface area contributed by atoms with Crippen LogP contribution < -0.4 is 0 Å². The molecule has 4 nitrogen and oxygen atoms in total. The molecule has 1 rings (SSSR count). The van der Waals surface area contributed by atoms with Crippen molar-refractivity contribution < 1.29 is 14.3 Å². The fraction of sp³-hybridized carbons (Fsp3) is 0.429. The SMILES string of the molecule is CN(C(=O)OC(C)(C)C)C(C=O)c1ccc(Br)cc1. The van der Waals surface area contributed by atoms with Gasteiger partial charge in [-0.25, -0.2) is 4.79 Å². The smallest absolute Gasteiger partial charge is 0.410 e. The van der Waals surface area contributed by atoms with Crippen LogP contribution in [0, 0.1) is 0 Å². The Morgan fingerprint density at radius 2 is 1.84 bits per heavy atom. The molecule has 0 heterocycles. The summed E-state index contributed by atoms with van der Waals surface area (Å²) in [5.74, 6) is 0. The third-order valence-corrected chi connectivity index (χ3v) is 2.97. The molecule has 5 heteroatoms. The first-order valence-corrected chi connectivity index (χ1v) is 6.70. The number of halogens is 1. The lowest BCUT2D eigenvalue weighted by Crippen LogP contribution is -2.37. The Morgan fingerprint density at radius 3 is 2.26 bits per heavy atom. The van der Waals surface area contributed by atoms with E-state index in [9.17, 15) is 9.59 Å². The lowest BCUT2D eigenvalue weighted by Gasteiger charge is -2.28. The molecule has 0 saturated carbocycles. The largest absolute Gasteiger partial charge is 0.444 e. The summed E-state index contributed by atoms with van der Waals surface area (Å²) in [5, 5.41) is 0. The van der Waals surface area contributed by atoms with E-state index in [2.05, 4.69) is 15.9 Å². The van der Waals surface area contributed by atoms with Gasteiger partial charge in [-0.2, -0.15) is 0 Å². The zero-order chi connectivity index (χ0) is 14.6. The molecule has 0 spiro atoms. The minimum absolute atomic E-state index is 0.521. The summed E-state index contributed by atoms with van der Waals surface area (Å²) in [6.45, 7) is 5.36. The number of hydrogen-bond donors (Lipinski definition) is 0. The lowest BCUT2D eigenvalue weighted by molar-refractivity contribution is -0.112. The molecule has 0 bridgehead atoms. The van der Waals surface area contributed by atoms with Crippen molar-refractivity contribution in [2.45, 2.75) is 32.4 Å². The van der Waals surface area contributed by atoms with Crippen molar-refractivity contribution in [2.24, 2.45) is 0 Å². The number of aldehydes is 1. The summed E-state index contributed by atoms with van der Waals surface area (Å²) in [7, 11) is 1.55. The van der Waals surface area contributed by atoms with E-state index in [-0.39, 0.29) is 0 Å². The zero-order valence-corrected chi connectivity index (χ0v) is 13.1. The minimum Gasteiger partial charge on any atom is -0.444 e. The van der Waals surface area contributed by atoms with E-state index >= 15 is 0 Å². The molecule has 0 aliphatic rings. The molecule has 19 heavy (non-hydrogen) atoms. The summed E-state index contributed by atoms with van der Waals surface area (Å²) >= 11 is 3.33. The molecule has 0 saturated heterocycles. The quantitative estimate of drug-likeness (QED) is 0.797. The normalized spacial score (nSPS) is 12.7. The predicted octanol–water partition coefficient (Wildman–Crippen LogP) is 3.56. The molecule has 0 N–H and O–H groups in total. The van der Waals surface area contributed by atoms with Gasteiger partial charge in [0.15, 0.2) is 0 Å². The Morgan fingerprint density at radius 1 is 1.32 bits per heavy atom. The number of carbonyl (C=O) groups is 2. The summed E-state index contributed by atoms with van der Waals surface area (Å²) in [4.78, 5) is 24.5. The molecule has 0 fully saturated rings. The van der Waals surface area contributed by atoms with Gasteiger partial charge in [-0.1, -0.05) is 28.1 Å². The number of carbonyl (C=O) groups excluding carboxylic acids is 2. The van der Waals surface area contributed by atoms with Crippen LogP contribution in [0.15, 0.2) is 28.7 Å². The van der Waals surface area contributed by atoms with Gasteiger partial charge < -0.3 is 9.53 Å². The number of ether oxygens (including phenoxy) is 1. The van der Waals surface area contributed by atoms with Gasteiger partial charge in [0.25, 0.3) is 0 Å². The van der Waals surface area contributed by atoms with Gasteiger partial charge in [-0.05, 0) is 38.5 Å². The highest BCUT2D eigenvalue weighted by molar-refractivity contribution is 9.10. The van der Waals surface area contributed by atoms with Crippen molar-refractivity contribution in [3.05, 3.63) is 34.3 Å². The summed E-state index contributed by atoms with van der Waals surface area (Å²) in [6, 6.07) is 6.60. The Balaban J connectivity index is 2.88. The average molecular weight is 328 g/mol. The van der Waals surface area contributed by atoms with Crippen LogP contribution in [0.3, 0.4) is 0 Å². The maximum atomic E-state index is 11.9. The topological polar surface area (TPSA) is 46.6 Å². The number of amides is 1. The zero-order valence-electron chi connectivity index (χ0n) is 11.5. The van der Waals surface area contributed by atoms with Crippen LogP contribution in [0.25, 0.3) is 0 Å². The highest BCUT2D eigenvalue weighted by atomic mass is 79.9. The van der Waals surface area contributed by atoms with E-state index in [4.69, 9.17) is 4.74 Å². The Bertz CT molecular complexity index is 451. The molecule has 1 aromatic rings. The summed E-state index contributed by atoms with van der Waals surface area (Å²) in [6.07, 6.45) is 0.209. The number of nitrogens with zero attached hydrogens (tertiary/aromatic N) is 1. The third kappa shape index (κ3) is 4.67. The molecule has 1 aromatic carbocycles. The molecule has 1 atom stereocenters. The van der Waals surface area contributed by atoms with Crippen molar-refractivity contribution in [3.8, 4) is 0 Å². The standard InChI is InChI=1S/C14H18BrNO3/c1-14(2,3)19-13(18)16(4)12(9-17)10-5-7-11(15)8-6-10/h5-9,12H,1-4H3. The molecule has 0 aromatic heterocycles. The Kier molecular flexibility index (Phi) is 5.11. The van der Waals surface area contributed by atoms with Crippen LogP contribution in [-0.2, 0) is 9.53 Å². The van der Waals surface area contributed by atoms with E-state index in [1.165, 1.54) is 4.90 Å². The monoisotopic (exact) mass is 327 g/mol. The van der Waals surface area contributed by atoms with Crippen molar-refractivity contribution in [1.29, 1.82) is 0 Å². The first-order valence-electron chi connectivity index (χ1n) is 5.91. The summed E-state index contributed by atoms with van der Waals surface area (Å²) in [5.41, 5.74) is 0.157. The highest BCUT2D eigenvalue weighted by Crippen LogP contribution is 2.21. The van der Waals surface area contributed by atoms with Gasteiger partial charge in [0.2, 0.25) is 0 Å². The number of hydrogen-bond acceptors (Lipinski definition) is 3. The van der Waals surface area contributed by atoms with Gasteiger partial charge in [0.05, 0.1) is 0 Å². The Hall–Kier alpha value is -1.36. The second-order valence-electron chi connectivity index (χ2n) is 5.22. The van der Waals surface area contributed by atoms with Crippen LogP contribution in [-0.4, -0.2) is 29.9 Å². The first-order chi connectivity index (χ1) is 8.74. The maximum absolute atomic E-state index is 11.9. The van der Waals surface area contributed by atoms with E-state index in [1.54, 1.807) is 40.0 Å². The van der Waals surface area contributed by atoms with Crippen LogP contribution in [0.1, 0.15) is 32.4 Å². The molecule has 0 radical (unpaired) electrons. The number of benzene rings is 1. The van der Waals surface area contributed by atoms with Gasteiger partial charge in [0.1, 0.15) is 17.9 Å². The van der Waals surface area contributed by atoms with E-state index in [0.717, 1.165) is 16.3 Å². The van der Waals surface area contributed by atoms with Crippen molar-refractivity contribution in [2.75, 3.05) is 7.05 Å². The van der Waals surface area contributed by atoms with Crippen molar-refractivity contribution in [3.63, 3.8) is 0 Å². The van der Waals surface area contributed by atoms with E-state index < -0.39 is 17.7 Å². The van der Waals surface area contributed by atoms with Gasteiger partial charge in [0, 0.05) is 11.5 Å². The van der Waals surface area contributed by atoms with E-state index in [0.29, 0.717) is 0 Å². The van der Waals surface area contributed by atoms with Gasteiger partial charge in [-0.3, -0.25) is 4.90 Å². The first kappa shape index (κ1) is 15.7. The lowest BCUT2D eigenvalue weighted by atomic mass is 10.1. The minimum atomic E-state index is -0.650. The van der Waals surface area contributed by atoms with Crippen LogP contribution >= 0.6 is 15.9 Å². The number of likely N-dealkylation sites (N-methyl/N-ethyl adjacent to an activating group) is 1. The molecule has 104 valence electrons. The maximum Gasteiger partial charge on any atom is 0.410 e. The van der Waals surface area contributed by atoms with Gasteiger partial charge in [-0.15, -0.1) is 0 Å². The predicted molar refractivity (Wildman–Crippen MR) is 76.9 cm³/mol. The van der Waals surface area contributed by atoms with Crippen LogP contribution in [0.5, 0.6) is 0 Å². The molecular weight excluding hydrogens is 310 g/mol. The third-order valence-electron chi connectivity index (χ3n) is 2.44. The number of rotatable bonds is 3. The highest BCUT2D eigenvalue weighted by Gasteiger charge is 2.26. The van der Waals surface area contributed by atoms with Crippen molar-refractivity contribution in [1.82, 2.24) is 4.90 Å². The molecular formula is C14H18BrNO3.